The van der Waals surface area contributed by atoms with Crippen molar-refractivity contribution in [3.8, 4) is 11.5 Å². The predicted octanol–water partition coefficient (Wildman–Crippen LogP) is 3.83. The molecule has 0 atom stereocenters. The Kier molecular flexibility index (Phi) is 4.56. The van der Waals surface area contributed by atoms with Crippen LogP contribution in [-0.4, -0.2) is 42.7 Å². The SMILES string of the molecule is CNCCOc1ccc2[nH]c(C(=O)N3CCc4c3cc(O)c3ccccc43)cc2c1. The lowest BCUT2D eigenvalue weighted by Crippen LogP contribution is -2.29. The molecule has 1 amide bonds. The van der Waals surface area contributed by atoms with Gasteiger partial charge in [0.15, 0.2) is 0 Å². The summed E-state index contributed by atoms with van der Waals surface area (Å²) >= 11 is 0. The summed E-state index contributed by atoms with van der Waals surface area (Å²) in [6.07, 6.45) is 0.769. The highest BCUT2D eigenvalue weighted by Gasteiger charge is 2.29. The van der Waals surface area contributed by atoms with Gasteiger partial charge in [-0.05, 0) is 48.7 Å². The highest BCUT2D eigenvalue weighted by atomic mass is 16.5. The van der Waals surface area contributed by atoms with Crippen LogP contribution in [0, 0.1) is 0 Å². The first-order valence-electron chi connectivity index (χ1n) is 10.1. The zero-order valence-corrected chi connectivity index (χ0v) is 16.7. The first kappa shape index (κ1) is 18.5. The molecule has 1 aliphatic heterocycles. The molecule has 0 aliphatic carbocycles. The molecule has 30 heavy (non-hydrogen) atoms. The van der Waals surface area contributed by atoms with Gasteiger partial charge in [0.1, 0.15) is 23.8 Å². The topological polar surface area (TPSA) is 77.6 Å². The molecule has 6 nitrogen and oxygen atoms in total. The summed E-state index contributed by atoms with van der Waals surface area (Å²) < 4.78 is 5.73. The highest BCUT2D eigenvalue weighted by molar-refractivity contribution is 6.10. The third-order valence-corrected chi connectivity index (χ3v) is 5.68. The van der Waals surface area contributed by atoms with Gasteiger partial charge in [0.05, 0.1) is 5.69 Å². The van der Waals surface area contributed by atoms with Crippen molar-refractivity contribution in [3.05, 3.63) is 65.9 Å². The lowest BCUT2D eigenvalue weighted by atomic mass is 10.0. The van der Waals surface area contributed by atoms with Crippen molar-refractivity contribution in [1.29, 1.82) is 0 Å². The summed E-state index contributed by atoms with van der Waals surface area (Å²) in [5.41, 5.74) is 3.30. The summed E-state index contributed by atoms with van der Waals surface area (Å²) in [6, 6.07) is 17.1. The number of carbonyl (C=O) groups excluding carboxylic acids is 1. The molecule has 0 bridgehead atoms. The molecule has 152 valence electrons. The molecule has 2 heterocycles. The van der Waals surface area contributed by atoms with E-state index in [1.165, 1.54) is 0 Å². The van der Waals surface area contributed by atoms with E-state index in [9.17, 15) is 9.90 Å². The molecule has 0 unspecified atom stereocenters. The van der Waals surface area contributed by atoms with Crippen LogP contribution in [0.3, 0.4) is 0 Å². The van der Waals surface area contributed by atoms with E-state index in [1.54, 1.807) is 11.0 Å². The molecule has 3 aromatic carbocycles. The van der Waals surface area contributed by atoms with Crippen LogP contribution in [0.5, 0.6) is 11.5 Å². The van der Waals surface area contributed by atoms with Gasteiger partial charge in [-0.25, -0.2) is 0 Å². The largest absolute Gasteiger partial charge is 0.507 e. The Morgan fingerprint density at radius 2 is 2.00 bits per heavy atom. The number of ether oxygens (including phenoxy) is 1. The van der Waals surface area contributed by atoms with Crippen LogP contribution in [-0.2, 0) is 6.42 Å². The molecule has 6 heteroatoms. The van der Waals surface area contributed by atoms with E-state index < -0.39 is 0 Å². The van der Waals surface area contributed by atoms with E-state index in [4.69, 9.17) is 4.74 Å². The van der Waals surface area contributed by atoms with Gasteiger partial charge in [-0.3, -0.25) is 4.79 Å². The molecular formula is C24H23N3O3. The molecule has 4 aromatic rings. The molecule has 1 aliphatic rings. The quantitative estimate of drug-likeness (QED) is 0.444. The van der Waals surface area contributed by atoms with Crippen molar-refractivity contribution in [2.24, 2.45) is 0 Å². The predicted molar refractivity (Wildman–Crippen MR) is 119 cm³/mol. The van der Waals surface area contributed by atoms with Crippen molar-refractivity contribution in [2.75, 3.05) is 31.6 Å². The number of nitrogens with one attached hydrogen (secondary N) is 2. The van der Waals surface area contributed by atoms with Gasteiger partial charge >= 0.3 is 0 Å². The minimum absolute atomic E-state index is 0.0997. The number of anilines is 1. The van der Waals surface area contributed by atoms with E-state index in [0.29, 0.717) is 18.8 Å². The Balaban J connectivity index is 1.47. The number of H-pyrrole nitrogens is 1. The number of hydrogen-bond donors (Lipinski definition) is 3. The van der Waals surface area contributed by atoms with Crippen molar-refractivity contribution in [2.45, 2.75) is 6.42 Å². The summed E-state index contributed by atoms with van der Waals surface area (Å²) in [6.45, 7) is 1.94. The van der Waals surface area contributed by atoms with Crippen LogP contribution >= 0.6 is 0 Å². The molecular weight excluding hydrogens is 378 g/mol. The van der Waals surface area contributed by atoms with Gasteiger partial charge in [0, 0.05) is 35.4 Å². The van der Waals surface area contributed by atoms with Crippen molar-refractivity contribution >= 4 is 33.3 Å². The number of hydrogen-bond acceptors (Lipinski definition) is 4. The lowest BCUT2D eigenvalue weighted by molar-refractivity contribution is 0.0985. The highest BCUT2D eigenvalue weighted by Crippen LogP contribution is 2.40. The number of aromatic nitrogens is 1. The molecule has 3 N–H and O–H groups in total. The summed E-state index contributed by atoms with van der Waals surface area (Å²) in [4.78, 5) is 18.3. The standard InChI is InChI=1S/C24H23N3O3/c1-25-9-11-30-16-6-7-20-15(12-16)13-21(26-20)24(29)27-10-8-18-17-4-2-3-5-19(17)23(28)14-22(18)27/h2-7,12-14,25-26,28H,8-11H2,1H3. The number of phenolic OH excluding ortho intramolecular Hbond substituents is 1. The third-order valence-electron chi connectivity index (χ3n) is 5.68. The second kappa shape index (κ2) is 7.39. The first-order valence-corrected chi connectivity index (χ1v) is 10.1. The number of aromatic hydroxyl groups is 1. The number of nitrogens with zero attached hydrogens (tertiary/aromatic N) is 1. The molecule has 0 fully saturated rings. The fourth-order valence-electron chi connectivity index (χ4n) is 4.19. The maximum Gasteiger partial charge on any atom is 0.274 e. The number of benzene rings is 3. The normalized spacial score (nSPS) is 13.2. The van der Waals surface area contributed by atoms with Crippen LogP contribution in [0.25, 0.3) is 21.7 Å². The molecule has 0 radical (unpaired) electrons. The summed E-state index contributed by atoms with van der Waals surface area (Å²) in [5, 5.41) is 16.3. The zero-order valence-electron chi connectivity index (χ0n) is 16.7. The van der Waals surface area contributed by atoms with Gasteiger partial charge in [0.2, 0.25) is 0 Å². The first-order chi connectivity index (χ1) is 14.7. The maximum atomic E-state index is 13.3. The summed E-state index contributed by atoms with van der Waals surface area (Å²) in [5.74, 6) is 0.875. The Morgan fingerprint density at radius 3 is 2.83 bits per heavy atom. The van der Waals surface area contributed by atoms with Gasteiger partial charge in [0.25, 0.3) is 5.91 Å². The van der Waals surface area contributed by atoms with Crippen molar-refractivity contribution in [3.63, 3.8) is 0 Å². The number of likely N-dealkylation sites (N-methyl/N-ethyl adjacent to an activating group) is 1. The second-order valence-electron chi connectivity index (χ2n) is 7.53. The average molecular weight is 401 g/mol. The molecule has 0 saturated heterocycles. The number of phenols is 1. The lowest BCUT2D eigenvalue weighted by Gasteiger charge is -2.17. The van der Waals surface area contributed by atoms with E-state index in [-0.39, 0.29) is 11.7 Å². The van der Waals surface area contributed by atoms with E-state index >= 15 is 0 Å². The number of carbonyl (C=O) groups is 1. The number of rotatable bonds is 5. The van der Waals surface area contributed by atoms with Crippen LogP contribution in [0.15, 0.2) is 54.6 Å². The number of fused-ring (bicyclic) bond motifs is 4. The second-order valence-corrected chi connectivity index (χ2v) is 7.53. The Morgan fingerprint density at radius 1 is 1.17 bits per heavy atom. The van der Waals surface area contributed by atoms with Crippen LogP contribution in [0.1, 0.15) is 16.1 Å². The van der Waals surface area contributed by atoms with Gasteiger partial charge in [-0.1, -0.05) is 24.3 Å². The molecule has 5 rings (SSSR count). The smallest absolute Gasteiger partial charge is 0.274 e. The maximum absolute atomic E-state index is 13.3. The van der Waals surface area contributed by atoms with Gasteiger partial charge < -0.3 is 25.0 Å². The monoisotopic (exact) mass is 401 g/mol. The zero-order chi connectivity index (χ0) is 20.7. The van der Waals surface area contributed by atoms with Crippen LogP contribution in [0.2, 0.25) is 0 Å². The van der Waals surface area contributed by atoms with E-state index in [0.717, 1.165) is 51.6 Å². The van der Waals surface area contributed by atoms with Gasteiger partial charge in [-0.15, -0.1) is 0 Å². The Hall–Kier alpha value is -3.51. The average Bonchev–Trinajstić information content (AvgIpc) is 3.38. The minimum Gasteiger partial charge on any atom is -0.507 e. The number of aromatic amines is 1. The minimum atomic E-state index is -0.0997. The third kappa shape index (κ3) is 3.06. The molecule has 1 aromatic heterocycles. The summed E-state index contributed by atoms with van der Waals surface area (Å²) in [7, 11) is 1.88. The Labute approximate surface area is 174 Å². The fraction of sp³-hybridized carbons (Fsp3) is 0.208. The molecule has 0 saturated carbocycles. The molecule has 0 spiro atoms. The van der Waals surface area contributed by atoms with E-state index in [1.807, 2.05) is 55.6 Å². The number of amides is 1. The van der Waals surface area contributed by atoms with Crippen molar-refractivity contribution < 1.29 is 14.6 Å². The van der Waals surface area contributed by atoms with Crippen LogP contribution in [0.4, 0.5) is 5.69 Å². The van der Waals surface area contributed by atoms with Gasteiger partial charge in [-0.2, -0.15) is 0 Å². The van der Waals surface area contributed by atoms with E-state index in [2.05, 4.69) is 10.3 Å². The fourth-order valence-corrected chi connectivity index (χ4v) is 4.19. The Bertz CT molecular complexity index is 1260. The van der Waals surface area contributed by atoms with Crippen molar-refractivity contribution in [1.82, 2.24) is 10.3 Å². The van der Waals surface area contributed by atoms with Crippen LogP contribution < -0.4 is 15.0 Å².